The molecule has 33 heavy (non-hydrogen) atoms. The van der Waals surface area contributed by atoms with E-state index >= 15 is 0 Å². The average Bonchev–Trinajstić information content (AvgIpc) is 3.24. The van der Waals surface area contributed by atoms with E-state index in [1.807, 2.05) is 42.5 Å². The van der Waals surface area contributed by atoms with Gasteiger partial charge in [0, 0.05) is 17.8 Å². The molecule has 0 fully saturated rings. The highest BCUT2D eigenvalue weighted by molar-refractivity contribution is 6.05. The van der Waals surface area contributed by atoms with Crippen LogP contribution >= 0.6 is 0 Å². The Hall–Kier alpha value is -4.51. The van der Waals surface area contributed by atoms with Crippen LogP contribution in [-0.4, -0.2) is 35.2 Å². The van der Waals surface area contributed by atoms with Gasteiger partial charge >= 0.3 is 5.97 Å². The lowest BCUT2D eigenvalue weighted by Gasteiger charge is -2.21. The first kappa shape index (κ1) is 21.7. The summed E-state index contributed by atoms with van der Waals surface area (Å²) in [7, 11) is 0. The van der Waals surface area contributed by atoms with E-state index < -0.39 is 18.5 Å². The number of rotatable bonds is 7. The summed E-state index contributed by atoms with van der Waals surface area (Å²) in [6.45, 7) is 1.42. The van der Waals surface area contributed by atoms with Gasteiger partial charge in [-0.2, -0.15) is 5.26 Å². The average molecular weight is 440 g/mol. The molecule has 0 aliphatic heterocycles. The summed E-state index contributed by atoms with van der Waals surface area (Å²) >= 11 is 0. The molecule has 8 nitrogen and oxygen atoms in total. The Morgan fingerprint density at radius 1 is 1.09 bits per heavy atom. The van der Waals surface area contributed by atoms with Crippen molar-refractivity contribution in [2.75, 3.05) is 18.1 Å². The highest BCUT2D eigenvalue weighted by Crippen LogP contribution is 2.27. The van der Waals surface area contributed by atoms with Crippen molar-refractivity contribution in [3.63, 3.8) is 0 Å². The number of anilines is 1. The van der Waals surface area contributed by atoms with Crippen LogP contribution in [0.15, 0.2) is 71.3 Å². The van der Waals surface area contributed by atoms with Crippen molar-refractivity contribution in [1.29, 1.82) is 5.26 Å². The van der Waals surface area contributed by atoms with Crippen LogP contribution in [0.25, 0.3) is 22.4 Å². The van der Waals surface area contributed by atoms with Crippen molar-refractivity contribution in [1.82, 2.24) is 10.1 Å². The van der Waals surface area contributed by atoms with Gasteiger partial charge in [0.05, 0.1) is 34.8 Å². The summed E-state index contributed by atoms with van der Waals surface area (Å²) in [5, 5.41) is 13.3. The summed E-state index contributed by atoms with van der Waals surface area (Å²) in [5.41, 5.74) is 2.88. The zero-order valence-electron chi connectivity index (χ0n) is 17.9. The monoisotopic (exact) mass is 440 g/mol. The Labute approximate surface area is 190 Å². The fourth-order valence-corrected chi connectivity index (χ4v) is 3.46. The Morgan fingerprint density at radius 2 is 1.79 bits per heavy atom. The van der Waals surface area contributed by atoms with Crippen molar-refractivity contribution in [3.05, 3.63) is 78.0 Å². The second-order valence-corrected chi connectivity index (χ2v) is 7.23. The summed E-state index contributed by atoms with van der Waals surface area (Å²) in [5.74, 6) is -1.12. The van der Waals surface area contributed by atoms with Gasteiger partial charge in [0.2, 0.25) is 0 Å². The molecule has 0 aliphatic carbocycles. The van der Waals surface area contributed by atoms with Crippen LogP contribution in [0, 0.1) is 18.3 Å². The van der Waals surface area contributed by atoms with Gasteiger partial charge in [-0.15, -0.1) is 0 Å². The Morgan fingerprint density at radius 3 is 2.48 bits per heavy atom. The number of fused-ring (bicyclic) bond motifs is 1. The normalized spacial score (nSPS) is 10.5. The van der Waals surface area contributed by atoms with E-state index in [1.165, 1.54) is 4.90 Å². The number of pyridine rings is 1. The van der Waals surface area contributed by atoms with Gasteiger partial charge in [-0.05, 0) is 25.1 Å². The molecular formula is C25H20N4O4. The molecule has 2 aromatic carbocycles. The first-order valence-electron chi connectivity index (χ1n) is 10.3. The molecule has 0 radical (unpaired) electrons. The molecule has 4 rings (SSSR count). The fraction of sp³-hybridized carbons (Fsp3) is 0.160. The molecule has 0 bridgehead atoms. The molecule has 2 heterocycles. The molecule has 0 atom stereocenters. The highest BCUT2D eigenvalue weighted by Gasteiger charge is 2.23. The van der Waals surface area contributed by atoms with E-state index in [9.17, 15) is 9.59 Å². The van der Waals surface area contributed by atoms with Crippen molar-refractivity contribution < 1.29 is 18.8 Å². The second-order valence-electron chi connectivity index (χ2n) is 7.23. The molecule has 0 saturated carbocycles. The van der Waals surface area contributed by atoms with Gasteiger partial charge in [-0.1, -0.05) is 53.7 Å². The zero-order valence-corrected chi connectivity index (χ0v) is 17.9. The number of ether oxygens (including phenoxy) is 1. The molecule has 0 saturated heterocycles. The van der Waals surface area contributed by atoms with E-state index in [4.69, 9.17) is 14.5 Å². The number of aromatic nitrogens is 2. The number of aryl methyl sites for hydroxylation is 1. The highest BCUT2D eigenvalue weighted by atomic mass is 16.5. The van der Waals surface area contributed by atoms with Crippen LogP contribution in [0.4, 0.5) is 5.69 Å². The lowest BCUT2D eigenvalue weighted by atomic mass is 10.1. The third-order valence-electron chi connectivity index (χ3n) is 5.05. The number of benzene rings is 2. The number of nitrogens with zero attached hydrogens (tertiary/aromatic N) is 4. The lowest BCUT2D eigenvalue weighted by molar-refractivity contribution is -0.121. The molecule has 0 aliphatic rings. The van der Waals surface area contributed by atoms with E-state index in [2.05, 4.69) is 10.1 Å². The number of para-hydroxylation sites is 1. The maximum absolute atomic E-state index is 13.0. The molecule has 0 N–H and O–H groups in total. The minimum absolute atomic E-state index is 0.153. The molecule has 2 aromatic heterocycles. The van der Waals surface area contributed by atoms with E-state index in [-0.39, 0.29) is 24.2 Å². The lowest BCUT2D eigenvalue weighted by Crippen LogP contribution is -2.35. The second kappa shape index (κ2) is 9.75. The zero-order chi connectivity index (χ0) is 23.2. The maximum atomic E-state index is 13.0. The van der Waals surface area contributed by atoms with E-state index in [1.54, 1.807) is 37.3 Å². The van der Waals surface area contributed by atoms with Gasteiger partial charge in [0.15, 0.2) is 6.61 Å². The third-order valence-corrected chi connectivity index (χ3v) is 5.05. The summed E-state index contributed by atoms with van der Waals surface area (Å²) in [6.07, 6.45) is 0.153. The predicted molar refractivity (Wildman–Crippen MR) is 121 cm³/mol. The first-order chi connectivity index (χ1) is 16.1. The summed E-state index contributed by atoms with van der Waals surface area (Å²) in [6, 6.07) is 21.9. The molecule has 4 aromatic rings. The minimum atomic E-state index is -0.687. The molecule has 164 valence electrons. The van der Waals surface area contributed by atoms with Gasteiger partial charge in [-0.3, -0.25) is 4.79 Å². The van der Waals surface area contributed by atoms with Crippen LogP contribution in [0.3, 0.4) is 0 Å². The van der Waals surface area contributed by atoms with Gasteiger partial charge in [0.25, 0.3) is 11.6 Å². The number of amides is 1. The Balaban J connectivity index is 1.59. The Bertz CT molecular complexity index is 1330. The smallest absolute Gasteiger partial charge is 0.339 e. The molecule has 0 spiro atoms. The number of nitriles is 1. The van der Waals surface area contributed by atoms with Crippen LogP contribution in [-0.2, 0) is 9.53 Å². The van der Waals surface area contributed by atoms with Gasteiger partial charge in [0.1, 0.15) is 0 Å². The van der Waals surface area contributed by atoms with Crippen LogP contribution in [0.2, 0.25) is 0 Å². The predicted octanol–water partition coefficient (Wildman–Crippen LogP) is 4.30. The molecular weight excluding hydrogens is 420 g/mol. The minimum Gasteiger partial charge on any atom is -0.452 e. The van der Waals surface area contributed by atoms with E-state index in [0.717, 1.165) is 5.56 Å². The van der Waals surface area contributed by atoms with Crippen molar-refractivity contribution in [2.45, 2.75) is 13.3 Å². The van der Waals surface area contributed by atoms with Gasteiger partial charge < -0.3 is 14.2 Å². The van der Waals surface area contributed by atoms with Crippen molar-refractivity contribution >= 4 is 28.7 Å². The molecule has 1 amide bonds. The van der Waals surface area contributed by atoms with Crippen LogP contribution in [0.5, 0.6) is 0 Å². The largest absolute Gasteiger partial charge is 0.452 e. The third kappa shape index (κ3) is 4.72. The first-order valence-corrected chi connectivity index (χ1v) is 10.3. The summed E-state index contributed by atoms with van der Waals surface area (Å²) < 4.78 is 10.7. The fourth-order valence-electron chi connectivity index (χ4n) is 3.46. The number of carbonyl (C=O) groups excluding carboxylic acids is 2. The maximum Gasteiger partial charge on any atom is 0.339 e. The Kier molecular flexibility index (Phi) is 6.41. The van der Waals surface area contributed by atoms with Crippen LogP contribution in [0.1, 0.15) is 22.5 Å². The topological polar surface area (TPSA) is 109 Å². The molecule has 0 unspecified atom stereocenters. The van der Waals surface area contributed by atoms with Crippen molar-refractivity contribution in [3.8, 4) is 17.3 Å². The molecule has 8 heteroatoms. The number of hydrogen-bond donors (Lipinski definition) is 0. The quantitative estimate of drug-likeness (QED) is 0.394. The van der Waals surface area contributed by atoms with Gasteiger partial charge in [-0.25, -0.2) is 9.78 Å². The summed E-state index contributed by atoms with van der Waals surface area (Å²) in [4.78, 5) is 31.8. The number of carbonyl (C=O) groups is 2. The standard InChI is InChI=1S/C25H20N4O4/c1-17-23-20(15-21(27-24(23)33-28-17)18-9-4-2-5-10-18)25(31)32-16-22(30)29(14-8-13-26)19-11-6-3-7-12-19/h2-7,9-12,15H,8,14,16H2,1H3. The SMILES string of the molecule is Cc1noc2nc(-c3ccccc3)cc(C(=O)OCC(=O)N(CCC#N)c3ccccc3)c12. The van der Waals surface area contributed by atoms with Crippen LogP contribution < -0.4 is 4.90 Å². The number of hydrogen-bond acceptors (Lipinski definition) is 7. The number of esters is 1. The van der Waals surface area contributed by atoms with Crippen molar-refractivity contribution in [2.24, 2.45) is 0 Å². The van der Waals surface area contributed by atoms with E-state index in [0.29, 0.717) is 22.5 Å².